The lowest BCUT2D eigenvalue weighted by Crippen LogP contribution is -2.49. The van der Waals surface area contributed by atoms with Gasteiger partial charge in [-0.05, 0) is 32.0 Å². The summed E-state index contributed by atoms with van der Waals surface area (Å²) in [5, 5.41) is 5.02. The molecule has 0 bridgehead atoms. The molecule has 0 saturated carbocycles. The van der Waals surface area contributed by atoms with E-state index < -0.39 is 0 Å². The third kappa shape index (κ3) is 4.36. The molecule has 0 radical (unpaired) electrons. The van der Waals surface area contributed by atoms with Gasteiger partial charge in [0.2, 0.25) is 11.7 Å². The monoisotopic (exact) mass is 444 g/mol. The first-order chi connectivity index (χ1) is 14.4. The number of carbonyl (C=O) groups is 1. The number of rotatable bonds is 4. The second kappa shape index (κ2) is 8.76. The molecule has 1 amide bonds. The molecular weight excluding hydrogens is 423 g/mol. The zero-order valence-electron chi connectivity index (χ0n) is 16.8. The highest BCUT2D eigenvalue weighted by molar-refractivity contribution is 6.36. The first-order valence-electron chi connectivity index (χ1n) is 9.81. The lowest BCUT2D eigenvalue weighted by molar-refractivity contribution is 0.0552. The molecule has 2 heterocycles. The Balaban J connectivity index is 1.39. The van der Waals surface area contributed by atoms with Crippen LogP contribution in [0, 0.1) is 6.92 Å². The topological polar surface area (TPSA) is 62.5 Å². The summed E-state index contributed by atoms with van der Waals surface area (Å²) in [6, 6.07) is 12.9. The van der Waals surface area contributed by atoms with Crippen molar-refractivity contribution in [2.24, 2.45) is 0 Å². The summed E-state index contributed by atoms with van der Waals surface area (Å²) in [5.41, 5.74) is 2.59. The van der Waals surface area contributed by atoms with Crippen LogP contribution in [0.4, 0.5) is 0 Å². The summed E-state index contributed by atoms with van der Waals surface area (Å²) in [5.74, 6) is 1.08. The van der Waals surface area contributed by atoms with Gasteiger partial charge in [0.05, 0.1) is 16.6 Å². The predicted octanol–water partition coefficient (Wildman–Crippen LogP) is 4.87. The molecule has 0 aliphatic carbocycles. The average Bonchev–Trinajstić information content (AvgIpc) is 3.24. The molecule has 1 saturated heterocycles. The molecule has 1 aliphatic rings. The van der Waals surface area contributed by atoms with Crippen molar-refractivity contribution in [3.05, 3.63) is 69.5 Å². The number of aryl methyl sites for hydroxylation is 1. The van der Waals surface area contributed by atoms with E-state index in [-0.39, 0.29) is 11.9 Å². The minimum atomic E-state index is -0.0802. The Morgan fingerprint density at radius 2 is 1.77 bits per heavy atom. The third-order valence-corrected chi connectivity index (χ3v) is 5.97. The lowest BCUT2D eigenvalue weighted by Gasteiger charge is -2.36. The van der Waals surface area contributed by atoms with Crippen molar-refractivity contribution in [1.29, 1.82) is 0 Å². The molecule has 1 aromatic heterocycles. The van der Waals surface area contributed by atoms with E-state index in [2.05, 4.69) is 15.0 Å². The molecule has 0 N–H and O–H groups in total. The van der Waals surface area contributed by atoms with Crippen molar-refractivity contribution in [3.63, 3.8) is 0 Å². The van der Waals surface area contributed by atoms with Gasteiger partial charge in [-0.1, -0.05) is 58.2 Å². The summed E-state index contributed by atoms with van der Waals surface area (Å²) in [7, 11) is 0. The first kappa shape index (κ1) is 20.8. The molecule has 6 nitrogen and oxygen atoms in total. The summed E-state index contributed by atoms with van der Waals surface area (Å²) in [6.07, 6.45) is 0. The van der Waals surface area contributed by atoms with Gasteiger partial charge in [-0.25, -0.2) is 0 Å². The van der Waals surface area contributed by atoms with E-state index in [9.17, 15) is 4.79 Å². The molecule has 2 aromatic carbocycles. The van der Waals surface area contributed by atoms with Crippen LogP contribution in [-0.4, -0.2) is 52.0 Å². The van der Waals surface area contributed by atoms with Gasteiger partial charge in [0.25, 0.3) is 5.91 Å². The van der Waals surface area contributed by atoms with Gasteiger partial charge in [-0.15, -0.1) is 0 Å². The number of hydrogen-bond donors (Lipinski definition) is 0. The van der Waals surface area contributed by atoms with Crippen molar-refractivity contribution < 1.29 is 9.32 Å². The van der Waals surface area contributed by atoms with E-state index in [0.29, 0.717) is 53.5 Å². The maximum Gasteiger partial charge on any atom is 0.255 e. The van der Waals surface area contributed by atoms with Crippen LogP contribution in [0.2, 0.25) is 10.0 Å². The Morgan fingerprint density at radius 1 is 1.07 bits per heavy atom. The molecule has 3 aromatic rings. The minimum Gasteiger partial charge on any atom is -0.337 e. The summed E-state index contributed by atoms with van der Waals surface area (Å²) in [6.45, 7) is 6.70. The van der Waals surface area contributed by atoms with E-state index in [1.54, 1.807) is 18.2 Å². The summed E-state index contributed by atoms with van der Waals surface area (Å²) >= 11 is 12.1. The van der Waals surface area contributed by atoms with Crippen molar-refractivity contribution >= 4 is 29.1 Å². The molecular formula is C22H22Cl2N4O2. The van der Waals surface area contributed by atoms with Gasteiger partial charge in [-0.3, -0.25) is 9.69 Å². The number of hydrogen-bond acceptors (Lipinski definition) is 5. The van der Waals surface area contributed by atoms with Crippen LogP contribution in [0.5, 0.6) is 0 Å². The SMILES string of the molecule is Cc1ccc(-c2noc([C@H](C)N3CCN(C(=O)c4ccc(Cl)cc4Cl)CC3)n2)cc1. The molecule has 156 valence electrons. The second-order valence-electron chi connectivity index (χ2n) is 7.45. The number of nitrogens with zero attached hydrogens (tertiary/aromatic N) is 4. The Bertz CT molecular complexity index is 1040. The van der Waals surface area contributed by atoms with E-state index in [4.69, 9.17) is 27.7 Å². The number of halogens is 2. The fourth-order valence-electron chi connectivity index (χ4n) is 3.53. The average molecular weight is 445 g/mol. The molecule has 1 atom stereocenters. The van der Waals surface area contributed by atoms with Crippen molar-refractivity contribution in [3.8, 4) is 11.4 Å². The van der Waals surface area contributed by atoms with Gasteiger partial charge < -0.3 is 9.42 Å². The summed E-state index contributed by atoms with van der Waals surface area (Å²) < 4.78 is 5.52. The van der Waals surface area contributed by atoms with Gasteiger partial charge in [0, 0.05) is 36.8 Å². The molecule has 1 aliphatic heterocycles. The van der Waals surface area contributed by atoms with E-state index in [0.717, 1.165) is 5.56 Å². The molecule has 8 heteroatoms. The van der Waals surface area contributed by atoms with Crippen LogP contribution in [-0.2, 0) is 0 Å². The van der Waals surface area contributed by atoms with Gasteiger partial charge in [-0.2, -0.15) is 4.98 Å². The highest BCUT2D eigenvalue weighted by atomic mass is 35.5. The number of piperazine rings is 1. The maximum absolute atomic E-state index is 12.8. The highest BCUT2D eigenvalue weighted by Gasteiger charge is 2.28. The fourth-order valence-corrected chi connectivity index (χ4v) is 4.02. The Labute approximate surface area is 185 Å². The predicted molar refractivity (Wildman–Crippen MR) is 117 cm³/mol. The van der Waals surface area contributed by atoms with Gasteiger partial charge in [0.15, 0.2) is 0 Å². The first-order valence-corrected chi connectivity index (χ1v) is 10.6. The largest absolute Gasteiger partial charge is 0.337 e. The number of carbonyl (C=O) groups excluding carboxylic acids is 1. The zero-order valence-corrected chi connectivity index (χ0v) is 18.3. The van der Waals surface area contributed by atoms with Crippen molar-refractivity contribution in [1.82, 2.24) is 19.9 Å². The van der Waals surface area contributed by atoms with Crippen molar-refractivity contribution in [2.75, 3.05) is 26.2 Å². The van der Waals surface area contributed by atoms with Gasteiger partial charge in [0.1, 0.15) is 0 Å². The zero-order chi connectivity index (χ0) is 21.3. The highest BCUT2D eigenvalue weighted by Crippen LogP contribution is 2.26. The number of benzene rings is 2. The summed E-state index contributed by atoms with van der Waals surface area (Å²) in [4.78, 5) is 21.4. The second-order valence-corrected chi connectivity index (χ2v) is 8.29. The Morgan fingerprint density at radius 3 is 2.43 bits per heavy atom. The quantitative estimate of drug-likeness (QED) is 0.574. The Kier molecular flexibility index (Phi) is 6.09. The lowest BCUT2D eigenvalue weighted by atomic mass is 10.1. The maximum atomic E-state index is 12.8. The molecule has 4 rings (SSSR count). The number of aromatic nitrogens is 2. The molecule has 1 fully saturated rings. The van der Waals surface area contributed by atoms with Crippen molar-refractivity contribution in [2.45, 2.75) is 19.9 Å². The minimum absolute atomic E-state index is 0.0342. The fraction of sp³-hybridized carbons (Fsp3) is 0.318. The van der Waals surface area contributed by atoms with Gasteiger partial charge >= 0.3 is 0 Å². The molecule has 30 heavy (non-hydrogen) atoms. The van der Waals surface area contributed by atoms with E-state index >= 15 is 0 Å². The van der Waals surface area contributed by atoms with Crippen LogP contribution < -0.4 is 0 Å². The Hall–Kier alpha value is -2.41. The van der Waals surface area contributed by atoms with E-state index in [1.165, 1.54) is 5.56 Å². The normalized spacial score (nSPS) is 15.9. The number of amides is 1. The van der Waals surface area contributed by atoms with E-state index in [1.807, 2.05) is 43.0 Å². The standard InChI is InChI=1S/C22H22Cl2N4O2/c1-14-3-5-16(6-4-14)20-25-21(30-26-20)15(2)27-9-11-28(12-10-27)22(29)18-8-7-17(23)13-19(18)24/h3-8,13,15H,9-12H2,1-2H3/t15-/m0/s1. The van der Waals surface area contributed by atoms with Crippen LogP contribution in [0.3, 0.4) is 0 Å². The smallest absolute Gasteiger partial charge is 0.255 e. The van der Waals surface area contributed by atoms with Crippen LogP contribution >= 0.6 is 23.2 Å². The molecule has 0 unspecified atom stereocenters. The van der Waals surface area contributed by atoms with Crippen LogP contribution in [0.25, 0.3) is 11.4 Å². The third-order valence-electron chi connectivity index (χ3n) is 5.42. The van der Waals surface area contributed by atoms with Crippen LogP contribution in [0.15, 0.2) is 47.0 Å². The molecule has 0 spiro atoms. The van der Waals surface area contributed by atoms with Crippen LogP contribution in [0.1, 0.15) is 34.8 Å².